The summed E-state index contributed by atoms with van der Waals surface area (Å²) in [5.41, 5.74) is -0.864. The molecule has 0 fully saturated rings. The molecule has 0 unspecified atom stereocenters. The third-order valence-corrected chi connectivity index (χ3v) is 2.90. The van der Waals surface area contributed by atoms with Crippen molar-refractivity contribution >= 4 is 5.91 Å². The summed E-state index contributed by atoms with van der Waals surface area (Å²) in [4.78, 5) is 11.7. The Bertz CT molecular complexity index is 437. The quantitative estimate of drug-likeness (QED) is 0.865. The second-order valence-electron chi connectivity index (χ2n) is 4.62. The molecule has 0 spiro atoms. The molecule has 0 aromatic heterocycles. The van der Waals surface area contributed by atoms with Crippen LogP contribution in [0.5, 0.6) is 5.75 Å². The zero-order valence-corrected chi connectivity index (χ0v) is 10.9. The van der Waals surface area contributed by atoms with Crippen molar-refractivity contribution in [3.63, 3.8) is 0 Å². The normalized spacial score (nSPS) is 13.5. The first-order valence-electron chi connectivity index (χ1n) is 5.88. The van der Waals surface area contributed by atoms with Crippen LogP contribution in [0.4, 0.5) is 0 Å². The molecular weight excluding hydrogens is 228 g/mol. The lowest BCUT2D eigenvalue weighted by Gasteiger charge is -2.27. The largest absolute Gasteiger partial charge is 0.484 e. The third kappa shape index (κ3) is 3.77. The molecule has 0 aliphatic carbocycles. The molecule has 0 radical (unpaired) electrons. The summed E-state index contributed by atoms with van der Waals surface area (Å²) in [6, 6.07) is 11.2. The van der Waals surface area contributed by atoms with Crippen LogP contribution in [0.3, 0.4) is 0 Å². The fraction of sp³-hybridized carbons (Fsp3) is 0.429. The summed E-state index contributed by atoms with van der Waals surface area (Å²) in [5.74, 6) is 0.371. The van der Waals surface area contributed by atoms with E-state index in [2.05, 4.69) is 11.4 Å². The maximum atomic E-state index is 11.7. The topological polar surface area (TPSA) is 62.1 Å². The van der Waals surface area contributed by atoms with Gasteiger partial charge in [0.25, 0.3) is 5.91 Å². The van der Waals surface area contributed by atoms with Crippen molar-refractivity contribution in [1.29, 1.82) is 5.26 Å². The van der Waals surface area contributed by atoms with Crippen LogP contribution in [0.2, 0.25) is 0 Å². The lowest BCUT2D eigenvalue weighted by molar-refractivity contribution is -0.124. The number of nitrogens with one attached hydrogen (secondary N) is 1. The number of nitrogens with zero attached hydrogens (tertiary/aromatic N) is 1. The molecule has 0 heterocycles. The highest BCUT2D eigenvalue weighted by molar-refractivity contribution is 5.78. The van der Waals surface area contributed by atoms with Gasteiger partial charge < -0.3 is 10.1 Å². The predicted octanol–water partition coefficient (Wildman–Crippen LogP) is 2.12. The highest BCUT2D eigenvalue weighted by Gasteiger charge is 2.29. The summed E-state index contributed by atoms with van der Waals surface area (Å²) in [6.45, 7) is 5.40. The molecular formula is C14H18N2O2. The third-order valence-electron chi connectivity index (χ3n) is 2.90. The zero-order valence-electron chi connectivity index (χ0n) is 10.9. The summed E-state index contributed by atoms with van der Waals surface area (Å²) in [7, 11) is 0. The van der Waals surface area contributed by atoms with E-state index in [0.29, 0.717) is 5.75 Å². The Morgan fingerprint density at radius 1 is 1.44 bits per heavy atom. The van der Waals surface area contributed by atoms with Crippen LogP contribution >= 0.6 is 0 Å². The molecule has 0 saturated carbocycles. The van der Waals surface area contributed by atoms with E-state index < -0.39 is 5.54 Å². The summed E-state index contributed by atoms with van der Waals surface area (Å²) in [5, 5.41) is 11.8. The van der Waals surface area contributed by atoms with Gasteiger partial charge >= 0.3 is 0 Å². The first-order valence-corrected chi connectivity index (χ1v) is 5.88. The standard InChI is InChI=1S/C14H18N2O2/c1-11(2)14(3,10-15)16-13(17)9-18-12-7-5-4-6-8-12/h4-8,11H,9H2,1-3H3,(H,16,17)/t14-/m1/s1. The molecule has 1 aromatic rings. The van der Waals surface area contributed by atoms with Gasteiger partial charge in [0, 0.05) is 0 Å². The van der Waals surface area contributed by atoms with Crippen LogP contribution in [-0.2, 0) is 4.79 Å². The Balaban J connectivity index is 2.50. The van der Waals surface area contributed by atoms with E-state index in [1.54, 1.807) is 19.1 Å². The maximum absolute atomic E-state index is 11.7. The van der Waals surface area contributed by atoms with Crippen molar-refractivity contribution in [2.75, 3.05) is 6.61 Å². The highest BCUT2D eigenvalue weighted by Crippen LogP contribution is 2.15. The molecule has 1 rings (SSSR count). The van der Waals surface area contributed by atoms with Crippen LogP contribution in [0, 0.1) is 17.2 Å². The van der Waals surface area contributed by atoms with Gasteiger partial charge in [0.05, 0.1) is 6.07 Å². The summed E-state index contributed by atoms with van der Waals surface area (Å²) >= 11 is 0. The van der Waals surface area contributed by atoms with Gasteiger partial charge in [0.1, 0.15) is 11.3 Å². The van der Waals surface area contributed by atoms with Gasteiger partial charge in [-0.25, -0.2) is 0 Å². The minimum absolute atomic E-state index is 0.0307. The Morgan fingerprint density at radius 2 is 2.06 bits per heavy atom. The van der Waals surface area contributed by atoms with Crippen LogP contribution in [0.15, 0.2) is 30.3 Å². The van der Waals surface area contributed by atoms with E-state index in [0.717, 1.165) is 0 Å². The zero-order chi connectivity index (χ0) is 13.6. The second-order valence-corrected chi connectivity index (χ2v) is 4.62. The number of ether oxygens (including phenoxy) is 1. The van der Waals surface area contributed by atoms with Gasteiger partial charge in [-0.3, -0.25) is 4.79 Å². The van der Waals surface area contributed by atoms with E-state index in [4.69, 9.17) is 10.00 Å². The molecule has 1 atom stereocenters. The van der Waals surface area contributed by atoms with Gasteiger partial charge in [-0.05, 0) is 25.0 Å². The van der Waals surface area contributed by atoms with E-state index in [-0.39, 0.29) is 18.4 Å². The lowest BCUT2D eigenvalue weighted by Crippen LogP contribution is -2.50. The molecule has 4 heteroatoms. The fourth-order valence-corrected chi connectivity index (χ4v) is 1.29. The monoisotopic (exact) mass is 246 g/mol. The minimum atomic E-state index is -0.864. The molecule has 1 amide bonds. The molecule has 4 nitrogen and oxygen atoms in total. The number of benzene rings is 1. The van der Waals surface area contributed by atoms with E-state index >= 15 is 0 Å². The molecule has 18 heavy (non-hydrogen) atoms. The number of amides is 1. The maximum Gasteiger partial charge on any atom is 0.259 e. The van der Waals surface area contributed by atoms with E-state index in [9.17, 15) is 4.79 Å². The number of nitriles is 1. The highest BCUT2D eigenvalue weighted by atomic mass is 16.5. The lowest BCUT2D eigenvalue weighted by atomic mass is 9.90. The number of hydrogen-bond acceptors (Lipinski definition) is 3. The Kier molecular flexibility index (Phi) is 4.73. The number of para-hydroxylation sites is 1. The second kappa shape index (κ2) is 6.06. The van der Waals surface area contributed by atoms with Crippen LogP contribution in [-0.4, -0.2) is 18.1 Å². The molecule has 96 valence electrons. The Hall–Kier alpha value is -2.02. The predicted molar refractivity (Wildman–Crippen MR) is 68.9 cm³/mol. The summed E-state index contributed by atoms with van der Waals surface area (Å²) < 4.78 is 5.32. The van der Waals surface area contributed by atoms with Gasteiger partial charge in [0.15, 0.2) is 6.61 Å². The molecule has 1 aromatic carbocycles. The van der Waals surface area contributed by atoms with Gasteiger partial charge in [0.2, 0.25) is 0 Å². The fourth-order valence-electron chi connectivity index (χ4n) is 1.29. The van der Waals surface area contributed by atoms with Crippen molar-refractivity contribution < 1.29 is 9.53 Å². The molecule has 0 bridgehead atoms. The van der Waals surface area contributed by atoms with Gasteiger partial charge in [-0.15, -0.1) is 0 Å². The molecule has 0 aliphatic rings. The number of carbonyl (C=O) groups excluding carboxylic acids is 1. The van der Waals surface area contributed by atoms with E-state index in [1.165, 1.54) is 0 Å². The van der Waals surface area contributed by atoms with Crippen LogP contribution in [0.1, 0.15) is 20.8 Å². The molecule has 1 N–H and O–H groups in total. The van der Waals surface area contributed by atoms with Gasteiger partial charge in [-0.1, -0.05) is 32.0 Å². The van der Waals surface area contributed by atoms with Crippen molar-refractivity contribution in [1.82, 2.24) is 5.32 Å². The number of carbonyl (C=O) groups is 1. The van der Waals surface area contributed by atoms with Crippen molar-refractivity contribution in [3.05, 3.63) is 30.3 Å². The smallest absolute Gasteiger partial charge is 0.259 e. The van der Waals surface area contributed by atoms with Crippen molar-refractivity contribution in [2.45, 2.75) is 26.3 Å². The Labute approximate surface area is 108 Å². The van der Waals surface area contributed by atoms with Crippen LogP contribution in [0.25, 0.3) is 0 Å². The summed E-state index contributed by atoms with van der Waals surface area (Å²) in [6.07, 6.45) is 0. The van der Waals surface area contributed by atoms with Crippen molar-refractivity contribution in [2.24, 2.45) is 5.92 Å². The van der Waals surface area contributed by atoms with E-state index in [1.807, 2.05) is 32.0 Å². The van der Waals surface area contributed by atoms with Gasteiger partial charge in [-0.2, -0.15) is 5.26 Å². The number of rotatable bonds is 5. The first-order chi connectivity index (χ1) is 8.48. The first kappa shape index (κ1) is 14.0. The van der Waals surface area contributed by atoms with Crippen molar-refractivity contribution in [3.8, 4) is 11.8 Å². The minimum Gasteiger partial charge on any atom is -0.484 e. The number of hydrogen-bond donors (Lipinski definition) is 1. The average molecular weight is 246 g/mol. The SMILES string of the molecule is CC(C)[C@@](C)(C#N)NC(=O)COc1ccccc1. The Morgan fingerprint density at radius 3 is 2.56 bits per heavy atom. The molecule has 0 aliphatic heterocycles. The van der Waals surface area contributed by atoms with Crippen LogP contribution < -0.4 is 10.1 Å². The average Bonchev–Trinajstić information content (AvgIpc) is 2.37. The molecule has 0 saturated heterocycles.